The highest BCUT2D eigenvalue weighted by atomic mass is 79.9. The minimum absolute atomic E-state index is 0.224. The molecule has 1 N–H and O–H groups in total. The van der Waals surface area contributed by atoms with Gasteiger partial charge in [0.15, 0.2) is 11.5 Å². The van der Waals surface area contributed by atoms with Crippen LogP contribution in [0.1, 0.15) is 11.1 Å². The second kappa shape index (κ2) is 5.50. The number of nitrogens with zero attached hydrogens (tertiary/aromatic N) is 1. The van der Waals surface area contributed by atoms with Crippen molar-refractivity contribution in [2.45, 2.75) is 13.5 Å². The Labute approximate surface area is 130 Å². The maximum atomic E-state index is 6.15. The summed E-state index contributed by atoms with van der Waals surface area (Å²) >= 11 is 9.53. The molecule has 0 atom stereocenters. The normalized spacial score (nSPS) is 12.6. The molecule has 6 heteroatoms. The summed E-state index contributed by atoms with van der Waals surface area (Å²) in [5.41, 5.74) is 3.07. The van der Waals surface area contributed by atoms with Crippen LogP contribution in [-0.2, 0) is 6.54 Å². The zero-order valence-corrected chi connectivity index (χ0v) is 13.1. The quantitative estimate of drug-likeness (QED) is 0.840. The molecule has 4 nitrogen and oxygen atoms in total. The number of aromatic nitrogens is 1. The van der Waals surface area contributed by atoms with E-state index in [0.717, 1.165) is 21.4 Å². The maximum Gasteiger partial charge on any atom is 0.231 e. The average molecular weight is 356 g/mol. The number of aryl methyl sites for hydroxylation is 1. The molecule has 0 amide bonds. The van der Waals surface area contributed by atoms with Crippen LogP contribution in [0.25, 0.3) is 0 Å². The number of nitrogens with one attached hydrogen (secondary N) is 1. The van der Waals surface area contributed by atoms with Crippen molar-refractivity contribution in [1.29, 1.82) is 0 Å². The lowest BCUT2D eigenvalue weighted by atomic mass is 10.2. The van der Waals surface area contributed by atoms with Crippen molar-refractivity contribution in [3.63, 3.8) is 0 Å². The van der Waals surface area contributed by atoms with Crippen LogP contribution in [0.5, 0.6) is 11.5 Å². The molecule has 1 aromatic heterocycles. The number of benzene rings is 1. The first-order valence-electron chi connectivity index (χ1n) is 6.07. The number of halogens is 2. The van der Waals surface area contributed by atoms with Gasteiger partial charge in [0.1, 0.15) is 4.60 Å². The molecule has 0 spiro atoms. The van der Waals surface area contributed by atoms with Gasteiger partial charge in [0.2, 0.25) is 6.79 Å². The van der Waals surface area contributed by atoms with Gasteiger partial charge in [-0.2, -0.15) is 0 Å². The molecule has 0 saturated carbocycles. The number of ether oxygens (including phenoxy) is 2. The van der Waals surface area contributed by atoms with Crippen LogP contribution in [0, 0.1) is 6.92 Å². The zero-order valence-electron chi connectivity index (χ0n) is 10.7. The first kappa shape index (κ1) is 13.5. The number of fused-ring (bicyclic) bond motifs is 1. The van der Waals surface area contributed by atoms with Crippen molar-refractivity contribution >= 4 is 33.2 Å². The summed E-state index contributed by atoms with van der Waals surface area (Å²) in [5, 5.41) is 3.88. The summed E-state index contributed by atoms with van der Waals surface area (Å²) in [4.78, 5) is 4.25. The molecular formula is C14H12BrClN2O2. The monoisotopic (exact) mass is 354 g/mol. The lowest BCUT2D eigenvalue weighted by molar-refractivity contribution is 0.174. The molecule has 2 aromatic rings. The molecule has 1 aliphatic heterocycles. The van der Waals surface area contributed by atoms with Crippen LogP contribution in [0.2, 0.25) is 5.02 Å². The fourth-order valence-electron chi connectivity index (χ4n) is 1.98. The average Bonchev–Trinajstić information content (AvgIpc) is 2.89. The van der Waals surface area contributed by atoms with E-state index in [2.05, 4.69) is 26.2 Å². The van der Waals surface area contributed by atoms with E-state index in [4.69, 9.17) is 21.1 Å². The molecule has 1 aromatic carbocycles. The number of rotatable bonds is 3. The van der Waals surface area contributed by atoms with Gasteiger partial charge in [-0.1, -0.05) is 11.6 Å². The van der Waals surface area contributed by atoms with Gasteiger partial charge in [-0.05, 0) is 52.2 Å². The van der Waals surface area contributed by atoms with Gasteiger partial charge in [-0.3, -0.25) is 0 Å². The van der Waals surface area contributed by atoms with Crippen molar-refractivity contribution in [1.82, 2.24) is 4.98 Å². The third-order valence-corrected chi connectivity index (χ3v) is 4.11. The SMILES string of the molecule is Cc1cc(NCc2cc(Cl)c3c(c2)OCO3)cnc1Br. The smallest absolute Gasteiger partial charge is 0.231 e. The van der Waals surface area contributed by atoms with Crippen molar-refractivity contribution in [3.8, 4) is 11.5 Å². The Morgan fingerprint density at radius 2 is 2.20 bits per heavy atom. The fourth-order valence-corrected chi connectivity index (χ4v) is 2.49. The van der Waals surface area contributed by atoms with Crippen molar-refractivity contribution in [3.05, 3.63) is 45.1 Å². The number of hydrogen-bond acceptors (Lipinski definition) is 4. The minimum Gasteiger partial charge on any atom is -0.454 e. The Morgan fingerprint density at radius 1 is 1.35 bits per heavy atom. The van der Waals surface area contributed by atoms with Crippen LogP contribution < -0.4 is 14.8 Å². The van der Waals surface area contributed by atoms with E-state index in [1.165, 1.54) is 0 Å². The first-order valence-corrected chi connectivity index (χ1v) is 7.24. The van der Waals surface area contributed by atoms with Crippen LogP contribution in [0.3, 0.4) is 0 Å². The maximum absolute atomic E-state index is 6.15. The predicted octanol–water partition coefficient (Wildman–Crippen LogP) is 4.15. The molecule has 0 radical (unpaired) electrons. The molecule has 0 bridgehead atoms. The highest BCUT2D eigenvalue weighted by Gasteiger charge is 2.18. The fraction of sp³-hybridized carbons (Fsp3) is 0.214. The Morgan fingerprint density at radius 3 is 3.00 bits per heavy atom. The molecule has 1 aliphatic rings. The van der Waals surface area contributed by atoms with E-state index in [1.807, 2.05) is 25.1 Å². The third kappa shape index (κ3) is 2.69. The number of pyridine rings is 1. The van der Waals surface area contributed by atoms with Crippen molar-refractivity contribution < 1.29 is 9.47 Å². The first-order chi connectivity index (χ1) is 9.63. The van der Waals surface area contributed by atoms with E-state index in [-0.39, 0.29) is 6.79 Å². The summed E-state index contributed by atoms with van der Waals surface area (Å²) in [7, 11) is 0. The Hall–Kier alpha value is -1.46. The number of anilines is 1. The van der Waals surface area contributed by atoms with E-state index in [1.54, 1.807) is 6.20 Å². The molecular weight excluding hydrogens is 344 g/mol. The second-order valence-corrected chi connectivity index (χ2v) is 5.66. The lowest BCUT2D eigenvalue weighted by Crippen LogP contribution is -2.00. The van der Waals surface area contributed by atoms with Crippen LogP contribution >= 0.6 is 27.5 Å². The zero-order chi connectivity index (χ0) is 14.1. The van der Waals surface area contributed by atoms with Gasteiger partial charge in [-0.25, -0.2) is 4.98 Å². The molecule has 3 rings (SSSR count). The van der Waals surface area contributed by atoms with Gasteiger partial charge in [0, 0.05) is 6.54 Å². The molecule has 0 unspecified atom stereocenters. The highest BCUT2D eigenvalue weighted by Crippen LogP contribution is 2.39. The Kier molecular flexibility index (Phi) is 3.72. The summed E-state index contributed by atoms with van der Waals surface area (Å²) in [6.07, 6.45) is 1.78. The molecule has 20 heavy (non-hydrogen) atoms. The van der Waals surface area contributed by atoms with Gasteiger partial charge in [0.25, 0.3) is 0 Å². The lowest BCUT2D eigenvalue weighted by Gasteiger charge is -2.09. The highest BCUT2D eigenvalue weighted by molar-refractivity contribution is 9.10. The second-order valence-electron chi connectivity index (χ2n) is 4.50. The van der Waals surface area contributed by atoms with E-state index in [9.17, 15) is 0 Å². The standard InChI is InChI=1S/C14H12BrClN2O2/c1-8-2-10(6-18-14(8)15)17-5-9-3-11(16)13-12(4-9)19-7-20-13/h2-4,6,17H,5,7H2,1H3. The molecule has 0 fully saturated rings. The number of hydrogen-bond donors (Lipinski definition) is 1. The summed E-state index contributed by atoms with van der Waals surface area (Å²) in [6.45, 7) is 2.86. The Bertz CT molecular complexity index is 664. The van der Waals surface area contributed by atoms with Crippen LogP contribution in [0.4, 0.5) is 5.69 Å². The van der Waals surface area contributed by atoms with Crippen molar-refractivity contribution in [2.24, 2.45) is 0 Å². The summed E-state index contributed by atoms with van der Waals surface area (Å²) < 4.78 is 11.5. The van der Waals surface area contributed by atoms with Crippen LogP contribution in [0.15, 0.2) is 29.0 Å². The topological polar surface area (TPSA) is 43.4 Å². The predicted molar refractivity (Wildman–Crippen MR) is 81.6 cm³/mol. The molecule has 104 valence electrons. The molecule has 0 aliphatic carbocycles. The minimum atomic E-state index is 0.224. The third-order valence-electron chi connectivity index (χ3n) is 3.00. The van der Waals surface area contributed by atoms with Gasteiger partial charge in [-0.15, -0.1) is 0 Å². The Balaban J connectivity index is 1.75. The van der Waals surface area contributed by atoms with Crippen molar-refractivity contribution in [2.75, 3.05) is 12.1 Å². The van der Waals surface area contributed by atoms with Gasteiger partial charge >= 0.3 is 0 Å². The van der Waals surface area contributed by atoms with Gasteiger partial charge < -0.3 is 14.8 Å². The van der Waals surface area contributed by atoms with E-state index < -0.39 is 0 Å². The molecule has 0 saturated heterocycles. The summed E-state index contributed by atoms with van der Waals surface area (Å²) in [5.74, 6) is 1.32. The van der Waals surface area contributed by atoms with E-state index in [0.29, 0.717) is 23.1 Å². The van der Waals surface area contributed by atoms with Gasteiger partial charge in [0.05, 0.1) is 16.9 Å². The van der Waals surface area contributed by atoms with E-state index >= 15 is 0 Å². The molecule has 2 heterocycles. The van der Waals surface area contributed by atoms with Crippen LogP contribution in [-0.4, -0.2) is 11.8 Å². The largest absolute Gasteiger partial charge is 0.454 e. The summed E-state index contributed by atoms with van der Waals surface area (Å²) in [6, 6.07) is 5.84.